The van der Waals surface area contributed by atoms with Crippen molar-refractivity contribution in [1.29, 1.82) is 0 Å². The van der Waals surface area contributed by atoms with Crippen LogP contribution in [-0.2, 0) is 19.4 Å². The molecule has 0 aromatic heterocycles. The third-order valence-electron chi connectivity index (χ3n) is 2.90. The fraction of sp³-hybridized carbons (Fsp3) is 0.800. The highest BCUT2D eigenvalue weighted by Gasteiger charge is 2.34. The Morgan fingerprint density at radius 2 is 1.90 bits per heavy atom. The van der Waals surface area contributed by atoms with E-state index in [0.29, 0.717) is 0 Å². The Labute approximate surface area is 119 Å². The first-order valence-corrected chi connectivity index (χ1v) is 7.80. The highest BCUT2D eigenvalue weighted by atomic mass is 32.2. The van der Waals surface area contributed by atoms with Crippen molar-refractivity contribution in [3.8, 4) is 0 Å². The molecule has 0 aromatic rings. The molecular formula is C10H15F3N2O5S. The molecule has 1 rings (SSSR count). The van der Waals surface area contributed by atoms with Crippen molar-refractivity contribution in [1.82, 2.24) is 10.2 Å². The summed E-state index contributed by atoms with van der Waals surface area (Å²) in [6, 6.07) is -0.678. The maximum absolute atomic E-state index is 12.0. The minimum absolute atomic E-state index is 0.127. The summed E-state index contributed by atoms with van der Waals surface area (Å²) < 4.78 is 58.6. The SMILES string of the molecule is O=C(O)CN(CC(=O)NCC(F)(F)F)C1CCS(=O)(=O)C1. The summed E-state index contributed by atoms with van der Waals surface area (Å²) in [7, 11) is -3.29. The molecule has 21 heavy (non-hydrogen) atoms. The molecule has 1 amide bonds. The van der Waals surface area contributed by atoms with Crippen molar-refractivity contribution in [3.05, 3.63) is 0 Å². The van der Waals surface area contributed by atoms with Crippen molar-refractivity contribution in [2.24, 2.45) is 0 Å². The number of carboxylic acid groups (broad SMARTS) is 1. The van der Waals surface area contributed by atoms with E-state index in [4.69, 9.17) is 5.11 Å². The second-order valence-electron chi connectivity index (χ2n) is 4.75. The van der Waals surface area contributed by atoms with Crippen LogP contribution < -0.4 is 5.32 Å². The molecule has 1 atom stereocenters. The number of sulfone groups is 1. The fourth-order valence-electron chi connectivity index (χ4n) is 1.99. The number of nitrogens with zero attached hydrogens (tertiary/aromatic N) is 1. The number of amides is 1. The quantitative estimate of drug-likeness (QED) is 0.663. The lowest BCUT2D eigenvalue weighted by molar-refractivity contribution is -0.142. The highest BCUT2D eigenvalue weighted by molar-refractivity contribution is 7.91. The number of nitrogens with one attached hydrogen (secondary N) is 1. The summed E-state index contributed by atoms with van der Waals surface area (Å²) in [5.41, 5.74) is 0. The highest BCUT2D eigenvalue weighted by Crippen LogP contribution is 2.17. The summed E-state index contributed by atoms with van der Waals surface area (Å²) >= 11 is 0. The average molecular weight is 332 g/mol. The van der Waals surface area contributed by atoms with Crippen LogP contribution in [0.25, 0.3) is 0 Å². The third-order valence-corrected chi connectivity index (χ3v) is 4.65. The van der Waals surface area contributed by atoms with Crippen LogP contribution >= 0.6 is 0 Å². The summed E-state index contributed by atoms with van der Waals surface area (Å²) in [5, 5.41) is 10.4. The number of hydrogen-bond donors (Lipinski definition) is 2. The Morgan fingerprint density at radius 1 is 1.29 bits per heavy atom. The van der Waals surface area contributed by atoms with E-state index < -0.39 is 53.6 Å². The molecule has 11 heteroatoms. The summed E-state index contributed by atoms with van der Waals surface area (Å²) in [6.45, 7) is -2.72. The second kappa shape index (κ2) is 6.60. The van der Waals surface area contributed by atoms with Gasteiger partial charge in [0.1, 0.15) is 6.54 Å². The molecule has 1 aliphatic rings. The number of hydrogen-bond acceptors (Lipinski definition) is 5. The first kappa shape index (κ1) is 17.7. The molecule has 1 unspecified atom stereocenters. The van der Waals surface area contributed by atoms with Gasteiger partial charge >= 0.3 is 12.1 Å². The van der Waals surface area contributed by atoms with Gasteiger partial charge in [-0.25, -0.2) is 8.42 Å². The van der Waals surface area contributed by atoms with Crippen LogP contribution in [-0.4, -0.2) is 73.7 Å². The Kier molecular flexibility index (Phi) is 5.56. The molecule has 1 heterocycles. The fourth-order valence-corrected chi connectivity index (χ4v) is 3.75. The summed E-state index contributed by atoms with van der Waals surface area (Å²) in [4.78, 5) is 23.2. The van der Waals surface area contributed by atoms with E-state index in [0.717, 1.165) is 4.90 Å². The number of alkyl halides is 3. The Balaban J connectivity index is 2.62. The maximum Gasteiger partial charge on any atom is 0.405 e. The lowest BCUT2D eigenvalue weighted by Crippen LogP contribution is -2.47. The van der Waals surface area contributed by atoms with Gasteiger partial charge in [-0.3, -0.25) is 14.5 Å². The average Bonchev–Trinajstić information content (AvgIpc) is 2.65. The van der Waals surface area contributed by atoms with Gasteiger partial charge in [-0.1, -0.05) is 0 Å². The Hall–Kier alpha value is -1.36. The number of carboxylic acids is 1. The monoisotopic (exact) mass is 332 g/mol. The van der Waals surface area contributed by atoms with E-state index in [-0.39, 0.29) is 17.9 Å². The van der Waals surface area contributed by atoms with Gasteiger partial charge < -0.3 is 10.4 Å². The van der Waals surface area contributed by atoms with Gasteiger partial charge in [-0.15, -0.1) is 0 Å². The smallest absolute Gasteiger partial charge is 0.405 e. The predicted molar refractivity (Wildman–Crippen MR) is 65.3 cm³/mol. The standard InChI is InChI=1S/C10H15F3N2O5S/c11-10(12,13)6-14-8(16)3-15(4-9(17)18)7-1-2-21(19,20)5-7/h7H,1-6H2,(H,14,16)(H,17,18). The molecule has 7 nitrogen and oxygen atoms in total. The summed E-state index contributed by atoms with van der Waals surface area (Å²) in [6.07, 6.45) is -4.41. The van der Waals surface area contributed by atoms with E-state index in [2.05, 4.69) is 0 Å². The lowest BCUT2D eigenvalue weighted by atomic mass is 10.2. The molecule has 0 saturated carbocycles. The number of halogens is 3. The van der Waals surface area contributed by atoms with E-state index >= 15 is 0 Å². The van der Waals surface area contributed by atoms with Crippen molar-refractivity contribution in [2.45, 2.75) is 18.6 Å². The van der Waals surface area contributed by atoms with Gasteiger partial charge in [0.2, 0.25) is 5.91 Å². The zero-order chi connectivity index (χ0) is 16.3. The van der Waals surface area contributed by atoms with Gasteiger partial charge in [-0.05, 0) is 6.42 Å². The Bertz CT molecular complexity index is 505. The molecule has 2 N–H and O–H groups in total. The number of carbonyl (C=O) groups excluding carboxylic acids is 1. The number of aliphatic carboxylic acids is 1. The summed E-state index contributed by atoms with van der Waals surface area (Å²) in [5.74, 6) is -2.72. The Morgan fingerprint density at radius 3 is 2.33 bits per heavy atom. The van der Waals surface area contributed by atoms with Crippen LogP contribution in [0.15, 0.2) is 0 Å². The normalized spacial score (nSPS) is 21.4. The third kappa shape index (κ3) is 6.76. The van der Waals surface area contributed by atoms with Crippen LogP contribution in [0.2, 0.25) is 0 Å². The van der Waals surface area contributed by atoms with Crippen molar-refractivity contribution >= 4 is 21.7 Å². The topological polar surface area (TPSA) is 104 Å². The van der Waals surface area contributed by atoms with E-state index in [1.54, 1.807) is 5.32 Å². The van der Waals surface area contributed by atoms with Crippen LogP contribution in [0.1, 0.15) is 6.42 Å². The number of carbonyl (C=O) groups is 2. The number of rotatable bonds is 6. The molecule has 0 radical (unpaired) electrons. The van der Waals surface area contributed by atoms with E-state index in [1.807, 2.05) is 0 Å². The first-order chi connectivity index (χ1) is 9.48. The van der Waals surface area contributed by atoms with Crippen LogP contribution in [0, 0.1) is 0 Å². The molecule has 0 bridgehead atoms. The minimum Gasteiger partial charge on any atom is -0.480 e. The van der Waals surface area contributed by atoms with Crippen molar-refractivity contribution < 1.29 is 36.3 Å². The van der Waals surface area contributed by atoms with E-state index in [9.17, 15) is 31.2 Å². The van der Waals surface area contributed by atoms with E-state index in [1.165, 1.54) is 0 Å². The van der Waals surface area contributed by atoms with Crippen LogP contribution in [0.4, 0.5) is 13.2 Å². The lowest BCUT2D eigenvalue weighted by Gasteiger charge is -2.25. The second-order valence-corrected chi connectivity index (χ2v) is 6.98. The van der Waals surface area contributed by atoms with Gasteiger partial charge in [0, 0.05) is 6.04 Å². The van der Waals surface area contributed by atoms with Crippen LogP contribution in [0.3, 0.4) is 0 Å². The van der Waals surface area contributed by atoms with Gasteiger partial charge in [0.05, 0.1) is 24.6 Å². The molecule has 1 saturated heterocycles. The van der Waals surface area contributed by atoms with Crippen molar-refractivity contribution in [2.75, 3.05) is 31.1 Å². The molecule has 122 valence electrons. The first-order valence-electron chi connectivity index (χ1n) is 5.98. The van der Waals surface area contributed by atoms with Gasteiger partial charge in [0.15, 0.2) is 9.84 Å². The minimum atomic E-state index is -4.57. The van der Waals surface area contributed by atoms with Gasteiger partial charge in [0.25, 0.3) is 0 Å². The molecule has 1 aliphatic heterocycles. The van der Waals surface area contributed by atoms with Crippen LogP contribution in [0.5, 0.6) is 0 Å². The predicted octanol–water partition coefficient (Wildman–Crippen LogP) is -0.761. The molecule has 0 aromatic carbocycles. The molecular weight excluding hydrogens is 317 g/mol. The zero-order valence-electron chi connectivity index (χ0n) is 10.9. The molecule has 0 spiro atoms. The maximum atomic E-state index is 12.0. The van der Waals surface area contributed by atoms with Crippen molar-refractivity contribution in [3.63, 3.8) is 0 Å². The van der Waals surface area contributed by atoms with Gasteiger partial charge in [-0.2, -0.15) is 13.2 Å². The molecule has 0 aliphatic carbocycles. The zero-order valence-corrected chi connectivity index (χ0v) is 11.7. The molecule has 1 fully saturated rings. The largest absolute Gasteiger partial charge is 0.480 e.